The fourth-order valence-electron chi connectivity index (χ4n) is 2.49. The molecule has 3 heteroatoms. The van der Waals surface area contributed by atoms with Crippen LogP contribution in [0.2, 0.25) is 0 Å². The molecule has 0 radical (unpaired) electrons. The lowest BCUT2D eigenvalue weighted by Crippen LogP contribution is -2.17. The topological polar surface area (TPSA) is 49.7 Å². The van der Waals surface area contributed by atoms with E-state index in [1.807, 2.05) is 13.0 Å². The third-order valence-corrected chi connectivity index (χ3v) is 3.78. The van der Waals surface area contributed by atoms with E-state index in [2.05, 4.69) is 26.8 Å². The first-order valence-electron chi connectivity index (χ1n) is 7.06. The molecule has 2 N–H and O–H groups in total. The van der Waals surface area contributed by atoms with Gasteiger partial charge in [-0.3, -0.25) is 0 Å². The molecule has 0 aliphatic rings. The molecule has 1 aromatic carbocycles. The molecule has 2 unspecified atom stereocenters. The van der Waals surface area contributed by atoms with Crippen molar-refractivity contribution in [2.24, 2.45) is 0 Å². The molecule has 2 atom stereocenters. The number of rotatable bonds is 7. The SMILES string of the molecule is CCOc1ccc(C(CC)CC(O)CO)c(C)c1C. The van der Waals surface area contributed by atoms with Crippen molar-refractivity contribution in [2.75, 3.05) is 13.2 Å². The zero-order valence-corrected chi connectivity index (χ0v) is 12.4. The highest BCUT2D eigenvalue weighted by atomic mass is 16.5. The van der Waals surface area contributed by atoms with Gasteiger partial charge >= 0.3 is 0 Å². The Hall–Kier alpha value is -1.06. The fraction of sp³-hybridized carbons (Fsp3) is 0.625. The van der Waals surface area contributed by atoms with Crippen LogP contribution in [0.15, 0.2) is 12.1 Å². The molecule has 3 nitrogen and oxygen atoms in total. The summed E-state index contributed by atoms with van der Waals surface area (Å²) in [6, 6.07) is 4.10. The van der Waals surface area contributed by atoms with E-state index >= 15 is 0 Å². The number of aliphatic hydroxyl groups is 2. The van der Waals surface area contributed by atoms with Gasteiger partial charge in [-0.25, -0.2) is 0 Å². The molecule has 1 aromatic rings. The molecule has 0 saturated carbocycles. The molecule has 108 valence electrons. The van der Waals surface area contributed by atoms with Gasteiger partial charge in [0.25, 0.3) is 0 Å². The summed E-state index contributed by atoms with van der Waals surface area (Å²) >= 11 is 0. The van der Waals surface area contributed by atoms with Gasteiger partial charge in [0.1, 0.15) is 5.75 Å². The molecule has 0 amide bonds. The van der Waals surface area contributed by atoms with E-state index in [1.54, 1.807) is 0 Å². The molecule has 0 heterocycles. The van der Waals surface area contributed by atoms with Gasteiger partial charge in [0.15, 0.2) is 0 Å². The van der Waals surface area contributed by atoms with Crippen molar-refractivity contribution in [3.63, 3.8) is 0 Å². The highest BCUT2D eigenvalue weighted by Gasteiger charge is 2.18. The van der Waals surface area contributed by atoms with Gasteiger partial charge < -0.3 is 14.9 Å². The second-order valence-electron chi connectivity index (χ2n) is 5.01. The molecule has 0 aliphatic carbocycles. The van der Waals surface area contributed by atoms with Crippen molar-refractivity contribution in [1.29, 1.82) is 0 Å². The van der Waals surface area contributed by atoms with E-state index in [-0.39, 0.29) is 12.5 Å². The van der Waals surface area contributed by atoms with Crippen molar-refractivity contribution >= 4 is 0 Å². The van der Waals surface area contributed by atoms with Crippen LogP contribution in [0.25, 0.3) is 0 Å². The highest BCUT2D eigenvalue weighted by Crippen LogP contribution is 2.32. The van der Waals surface area contributed by atoms with Crippen molar-refractivity contribution in [1.82, 2.24) is 0 Å². The Labute approximate surface area is 116 Å². The minimum absolute atomic E-state index is 0.175. The molecular weight excluding hydrogens is 240 g/mol. The van der Waals surface area contributed by atoms with Crippen LogP contribution in [0.1, 0.15) is 49.3 Å². The second-order valence-corrected chi connectivity index (χ2v) is 5.01. The summed E-state index contributed by atoms with van der Waals surface area (Å²) in [5.74, 6) is 1.21. The second kappa shape index (κ2) is 7.51. The van der Waals surface area contributed by atoms with Crippen LogP contribution in [-0.2, 0) is 0 Å². The molecule has 1 rings (SSSR count). The average molecular weight is 266 g/mol. The minimum Gasteiger partial charge on any atom is -0.494 e. The molecule has 0 saturated heterocycles. The van der Waals surface area contributed by atoms with Crippen LogP contribution < -0.4 is 4.74 Å². The summed E-state index contributed by atoms with van der Waals surface area (Å²) < 4.78 is 5.60. The van der Waals surface area contributed by atoms with Gasteiger partial charge in [0.05, 0.1) is 19.3 Å². The first kappa shape index (κ1) is 16.0. The summed E-state index contributed by atoms with van der Waals surface area (Å²) in [7, 11) is 0. The zero-order chi connectivity index (χ0) is 14.4. The zero-order valence-electron chi connectivity index (χ0n) is 12.4. The summed E-state index contributed by atoms with van der Waals surface area (Å²) in [4.78, 5) is 0. The number of ether oxygens (including phenoxy) is 1. The molecule has 0 bridgehead atoms. The van der Waals surface area contributed by atoms with Gasteiger partial charge in [-0.1, -0.05) is 13.0 Å². The van der Waals surface area contributed by atoms with Crippen molar-refractivity contribution in [3.8, 4) is 5.75 Å². The van der Waals surface area contributed by atoms with Gasteiger partial charge in [-0.05, 0) is 62.3 Å². The molecule has 0 aromatic heterocycles. The van der Waals surface area contributed by atoms with E-state index in [1.165, 1.54) is 11.1 Å². The van der Waals surface area contributed by atoms with Crippen LogP contribution in [0, 0.1) is 13.8 Å². The van der Waals surface area contributed by atoms with E-state index in [0.717, 1.165) is 17.7 Å². The standard InChI is InChI=1S/C16H26O3/c1-5-13(9-14(18)10-17)15-7-8-16(19-6-2)12(4)11(15)3/h7-8,13-14,17-18H,5-6,9-10H2,1-4H3. The highest BCUT2D eigenvalue weighted by molar-refractivity contribution is 5.45. The van der Waals surface area contributed by atoms with Gasteiger partial charge in [-0.2, -0.15) is 0 Å². The largest absolute Gasteiger partial charge is 0.494 e. The van der Waals surface area contributed by atoms with Crippen molar-refractivity contribution < 1.29 is 14.9 Å². The third-order valence-electron chi connectivity index (χ3n) is 3.78. The van der Waals surface area contributed by atoms with E-state index in [4.69, 9.17) is 9.84 Å². The monoisotopic (exact) mass is 266 g/mol. The Bertz CT molecular complexity index is 401. The number of benzene rings is 1. The smallest absolute Gasteiger partial charge is 0.122 e. The average Bonchev–Trinajstić information content (AvgIpc) is 2.42. The first-order chi connectivity index (χ1) is 9.04. The molecule has 0 aliphatic heterocycles. The maximum Gasteiger partial charge on any atom is 0.122 e. The van der Waals surface area contributed by atoms with Crippen LogP contribution in [-0.4, -0.2) is 29.5 Å². The Kier molecular flexibility index (Phi) is 6.32. The maximum absolute atomic E-state index is 9.65. The lowest BCUT2D eigenvalue weighted by molar-refractivity contribution is 0.0817. The lowest BCUT2D eigenvalue weighted by Gasteiger charge is -2.22. The molecule has 0 fully saturated rings. The molecule has 19 heavy (non-hydrogen) atoms. The summed E-state index contributed by atoms with van der Waals surface area (Å²) in [6.45, 7) is 8.75. The number of hydrogen-bond acceptors (Lipinski definition) is 3. The van der Waals surface area contributed by atoms with Crippen molar-refractivity contribution in [3.05, 3.63) is 28.8 Å². The van der Waals surface area contributed by atoms with Gasteiger partial charge in [0.2, 0.25) is 0 Å². The summed E-state index contributed by atoms with van der Waals surface area (Å²) in [5, 5.41) is 18.6. The Balaban J connectivity index is 3.01. The van der Waals surface area contributed by atoms with E-state index < -0.39 is 6.10 Å². The van der Waals surface area contributed by atoms with Crippen LogP contribution in [0.3, 0.4) is 0 Å². The Morgan fingerprint density at radius 2 is 1.84 bits per heavy atom. The quantitative estimate of drug-likeness (QED) is 0.797. The van der Waals surface area contributed by atoms with Crippen LogP contribution in [0.5, 0.6) is 5.75 Å². The third kappa shape index (κ3) is 3.95. The van der Waals surface area contributed by atoms with E-state index in [0.29, 0.717) is 13.0 Å². The van der Waals surface area contributed by atoms with E-state index in [9.17, 15) is 5.11 Å². The number of hydrogen-bond donors (Lipinski definition) is 2. The van der Waals surface area contributed by atoms with Crippen LogP contribution in [0.4, 0.5) is 0 Å². The number of aliphatic hydroxyl groups excluding tert-OH is 2. The first-order valence-corrected chi connectivity index (χ1v) is 7.06. The summed E-state index contributed by atoms with van der Waals surface area (Å²) in [6.07, 6.45) is 0.906. The molecule has 0 spiro atoms. The lowest BCUT2D eigenvalue weighted by atomic mass is 9.86. The van der Waals surface area contributed by atoms with Crippen LogP contribution >= 0.6 is 0 Å². The van der Waals surface area contributed by atoms with Crippen molar-refractivity contribution in [2.45, 2.75) is 52.6 Å². The predicted octanol–water partition coefficient (Wildman–Crippen LogP) is 2.94. The molecular formula is C16H26O3. The Morgan fingerprint density at radius 1 is 1.16 bits per heavy atom. The Morgan fingerprint density at radius 3 is 2.37 bits per heavy atom. The fourth-order valence-corrected chi connectivity index (χ4v) is 2.49. The van der Waals surface area contributed by atoms with Gasteiger partial charge in [0, 0.05) is 0 Å². The van der Waals surface area contributed by atoms with Gasteiger partial charge in [-0.15, -0.1) is 0 Å². The minimum atomic E-state index is -0.642. The summed E-state index contributed by atoms with van der Waals surface area (Å²) in [5.41, 5.74) is 3.63. The predicted molar refractivity (Wildman–Crippen MR) is 77.8 cm³/mol. The normalized spacial score (nSPS) is 14.2. The maximum atomic E-state index is 9.65.